The first-order valence-electron chi connectivity index (χ1n) is 9.14. The molecule has 3 aromatic rings. The van der Waals surface area contributed by atoms with Crippen LogP contribution in [0.4, 0.5) is 8.78 Å². The van der Waals surface area contributed by atoms with E-state index in [2.05, 4.69) is 22.4 Å². The number of hydrogen-bond acceptors (Lipinski definition) is 4. The second-order valence-electron chi connectivity index (χ2n) is 6.85. The maximum absolute atomic E-state index is 13.7. The molecule has 0 saturated carbocycles. The Labute approximate surface area is 170 Å². The van der Waals surface area contributed by atoms with E-state index >= 15 is 0 Å². The van der Waals surface area contributed by atoms with Crippen molar-refractivity contribution in [3.05, 3.63) is 92.0 Å². The highest BCUT2D eigenvalue weighted by molar-refractivity contribution is 6.31. The molecule has 0 saturated heterocycles. The van der Waals surface area contributed by atoms with Gasteiger partial charge in [0.15, 0.2) is 5.02 Å². The number of nitrogens with one attached hydrogen (secondary N) is 1. The second-order valence-corrected chi connectivity index (χ2v) is 7.23. The largest absolute Gasteiger partial charge is 0.471 e. The average Bonchev–Trinajstić information content (AvgIpc) is 2.72. The van der Waals surface area contributed by atoms with Crippen LogP contribution in [0.2, 0.25) is 5.02 Å². The fourth-order valence-electron chi connectivity index (χ4n) is 3.27. The van der Waals surface area contributed by atoms with Gasteiger partial charge in [0, 0.05) is 18.2 Å². The van der Waals surface area contributed by atoms with Gasteiger partial charge in [-0.3, -0.25) is 9.36 Å². The van der Waals surface area contributed by atoms with Gasteiger partial charge < -0.3 is 10.1 Å². The van der Waals surface area contributed by atoms with Crippen LogP contribution in [0.25, 0.3) is 0 Å². The Morgan fingerprint density at radius 3 is 2.86 bits per heavy atom. The summed E-state index contributed by atoms with van der Waals surface area (Å²) in [5.41, 5.74) is 3.20. The zero-order chi connectivity index (χ0) is 20.4. The number of halogens is 3. The average molecular weight is 418 g/mol. The number of benzene rings is 2. The van der Waals surface area contributed by atoms with Crippen LogP contribution in [0.3, 0.4) is 0 Å². The van der Waals surface area contributed by atoms with Crippen LogP contribution in [0.1, 0.15) is 22.3 Å². The van der Waals surface area contributed by atoms with E-state index in [1.807, 2.05) is 6.07 Å². The van der Waals surface area contributed by atoms with Crippen LogP contribution >= 0.6 is 11.6 Å². The Morgan fingerprint density at radius 1 is 1.17 bits per heavy atom. The molecule has 1 aliphatic heterocycles. The Balaban J connectivity index is 1.50. The first-order valence-corrected chi connectivity index (χ1v) is 9.52. The zero-order valence-electron chi connectivity index (χ0n) is 15.4. The van der Waals surface area contributed by atoms with Gasteiger partial charge in [0.25, 0.3) is 5.56 Å². The molecule has 2 heterocycles. The van der Waals surface area contributed by atoms with Gasteiger partial charge in [-0.15, -0.1) is 0 Å². The fourth-order valence-corrected chi connectivity index (χ4v) is 3.48. The third kappa shape index (κ3) is 4.31. The molecule has 5 nitrogen and oxygen atoms in total. The van der Waals surface area contributed by atoms with E-state index in [4.69, 9.17) is 16.3 Å². The molecule has 0 unspecified atom stereocenters. The summed E-state index contributed by atoms with van der Waals surface area (Å²) >= 11 is 6.13. The molecule has 4 rings (SSSR count). The predicted molar refractivity (Wildman–Crippen MR) is 105 cm³/mol. The molecule has 1 aromatic heterocycles. The van der Waals surface area contributed by atoms with E-state index in [-0.39, 0.29) is 23.1 Å². The number of hydrogen-bond donors (Lipinski definition) is 1. The van der Waals surface area contributed by atoms with Crippen molar-refractivity contribution in [1.82, 2.24) is 14.9 Å². The molecule has 150 valence electrons. The van der Waals surface area contributed by atoms with E-state index in [1.165, 1.54) is 28.1 Å². The van der Waals surface area contributed by atoms with Gasteiger partial charge in [0.1, 0.15) is 24.6 Å². The molecule has 1 aliphatic rings. The van der Waals surface area contributed by atoms with Crippen LogP contribution in [-0.2, 0) is 26.1 Å². The van der Waals surface area contributed by atoms with E-state index in [9.17, 15) is 13.6 Å². The third-order valence-electron chi connectivity index (χ3n) is 4.84. The summed E-state index contributed by atoms with van der Waals surface area (Å²) < 4.78 is 33.5. The molecule has 2 aromatic carbocycles. The maximum Gasteiger partial charge on any atom is 0.276 e. The Morgan fingerprint density at radius 2 is 2.03 bits per heavy atom. The van der Waals surface area contributed by atoms with Crippen molar-refractivity contribution in [2.75, 3.05) is 6.54 Å². The molecule has 0 spiro atoms. The summed E-state index contributed by atoms with van der Waals surface area (Å²) in [7, 11) is 0. The highest BCUT2D eigenvalue weighted by Gasteiger charge is 2.14. The summed E-state index contributed by atoms with van der Waals surface area (Å²) in [6, 6.07) is 9.30. The lowest BCUT2D eigenvalue weighted by Gasteiger charge is -2.18. The molecular weight excluding hydrogens is 400 g/mol. The molecule has 0 fully saturated rings. The lowest BCUT2D eigenvalue weighted by molar-refractivity contribution is 0.286. The van der Waals surface area contributed by atoms with Crippen LogP contribution in [0.15, 0.2) is 47.5 Å². The SMILES string of the molecule is O=c1c(Cl)c(OCc2ccc(F)cc2F)ncn1Cc1ccc2c(c1)CCNC2. The predicted octanol–water partition coefficient (Wildman–Crippen LogP) is 3.45. The van der Waals surface area contributed by atoms with Gasteiger partial charge in [-0.05, 0) is 41.8 Å². The number of nitrogens with zero attached hydrogens (tertiary/aromatic N) is 2. The molecule has 0 bridgehead atoms. The molecule has 8 heteroatoms. The van der Waals surface area contributed by atoms with E-state index < -0.39 is 17.2 Å². The van der Waals surface area contributed by atoms with Gasteiger partial charge in [0.05, 0.1) is 6.54 Å². The van der Waals surface area contributed by atoms with Crippen LogP contribution in [0.5, 0.6) is 5.88 Å². The number of rotatable bonds is 5. The normalized spacial score (nSPS) is 13.2. The maximum atomic E-state index is 13.7. The number of ether oxygens (including phenoxy) is 1. The summed E-state index contributed by atoms with van der Waals surface area (Å²) in [5, 5.41) is 3.14. The first-order chi connectivity index (χ1) is 14.0. The smallest absolute Gasteiger partial charge is 0.276 e. The van der Waals surface area contributed by atoms with E-state index in [0.29, 0.717) is 6.54 Å². The highest BCUT2D eigenvalue weighted by atomic mass is 35.5. The molecule has 0 atom stereocenters. The van der Waals surface area contributed by atoms with Crippen LogP contribution in [0, 0.1) is 11.6 Å². The fraction of sp³-hybridized carbons (Fsp3) is 0.238. The van der Waals surface area contributed by atoms with Gasteiger partial charge >= 0.3 is 0 Å². The molecule has 1 N–H and O–H groups in total. The summed E-state index contributed by atoms with van der Waals surface area (Å²) in [4.78, 5) is 16.7. The number of aromatic nitrogens is 2. The van der Waals surface area contributed by atoms with Gasteiger partial charge in [0.2, 0.25) is 5.88 Å². The summed E-state index contributed by atoms with van der Waals surface area (Å²) in [6.45, 7) is 1.90. The van der Waals surface area contributed by atoms with E-state index in [0.717, 1.165) is 37.2 Å². The molecule has 0 radical (unpaired) electrons. The Bertz CT molecular complexity index is 1120. The minimum atomic E-state index is -0.739. The standard InChI is InChI=1S/C21H18ClF2N3O2/c22-19-20(29-11-16-3-4-17(23)8-18(16)24)26-12-27(21(19)28)10-13-1-2-15-9-25-6-5-14(15)7-13/h1-4,7-8,12,25H,5-6,9-11H2. The van der Waals surface area contributed by atoms with Gasteiger partial charge in [-0.25, -0.2) is 13.8 Å². The van der Waals surface area contributed by atoms with Crippen LogP contribution < -0.4 is 15.6 Å². The molecule has 0 aliphatic carbocycles. The van der Waals surface area contributed by atoms with Crippen molar-refractivity contribution < 1.29 is 13.5 Å². The van der Waals surface area contributed by atoms with Crippen molar-refractivity contribution in [3.8, 4) is 5.88 Å². The van der Waals surface area contributed by atoms with Crippen LogP contribution in [-0.4, -0.2) is 16.1 Å². The first kappa shape index (κ1) is 19.5. The minimum absolute atomic E-state index is 0.0897. The van der Waals surface area contributed by atoms with Crippen molar-refractivity contribution in [3.63, 3.8) is 0 Å². The van der Waals surface area contributed by atoms with Crippen molar-refractivity contribution in [2.24, 2.45) is 0 Å². The van der Waals surface area contributed by atoms with Crippen molar-refractivity contribution in [1.29, 1.82) is 0 Å². The minimum Gasteiger partial charge on any atom is -0.471 e. The highest BCUT2D eigenvalue weighted by Crippen LogP contribution is 2.20. The monoisotopic (exact) mass is 417 g/mol. The quantitative estimate of drug-likeness (QED) is 0.691. The number of fused-ring (bicyclic) bond motifs is 1. The lowest BCUT2D eigenvalue weighted by Crippen LogP contribution is -2.25. The Hall–Kier alpha value is -2.77. The second kappa shape index (κ2) is 8.31. The lowest BCUT2D eigenvalue weighted by atomic mass is 9.98. The Kier molecular flexibility index (Phi) is 5.60. The summed E-state index contributed by atoms with van der Waals surface area (Å²) in [5.74, 6) is -1.51. The third-order valence-corrected chi connectivity index (χ3v) is 5.16. The molecule has 29 heavy (non-hydrogen) atoms. The van der Waals surface area contributed by atoms with Gasteiger partial charge in [-0.1, -0.05) is 29.8 Å². The molecule has 0 amide bonds. The molecular formula is C21H18ClF2N3O2. The van der Waals surface area contributed by atoms with Gasteiger partial charge in [-0.2, -0.15) is 0 Å². The topological polar surface area (TPSA) is 56.1 Å². The van der Waals surface area contributed by atoms with Crippen molar-refractivity contribution >= 4 is 11.6 Å². The van der Waals surface area contributed by atoms with E-state index in [1.54, 1.807) is 0 Å². The van der Waals surface area contributed by atoms with Crippen molar-refractivity contribution in [2.45, 2.75) is 26.1 Å². The summed E-state index contributed by atoms with van der Waals surface area (Å²) in [6.07, 6.45) is 2.30. The zero-order valence-corrected chi connectivity index (χ0v) is 16.2.